The Kier molecular flexibility index (Phi) is 4.11. The van der Waals surface area contributed by atoms with Gasteiger partial charge in [0.15, 0.2) is 6.10 Å². The van der Waals surface area contributed by atoms with Crippen LogP contribution in [-0.4, -0.2) is 50.7 Å². The molecular formula is C14H18N4O2. The van der Waals surface area contributed by atoms with E-state index in [1.54, 1.807) is 32.3 Å². The molecule has 2 rings (SSSR count). The quantitative estimate of drug-likeness (QED) is 0.803. The number of nitriles is 1. The van der Waals surface area contributed by atoms with Crippen molar-refractivity contribution in [1.82, 2.24) is 4.90 Å². The molecule has 2 N–H and O–H groups in total. The fraction of sp³-hybridized carbons (Fsp3) is 0.429. The molecule has 20 heavy (non-hydrogen) atoms. The van der Waals surface area contributed by atoms with E-state index in [-0.39, 0.29) is 5.91 Å². The standard InChI is InChI=1S/C14H18N4O2/c1-17(2)14(19)10-3-4-12(16)13(7-10)18-5-6-20-11(8-15)9-18/h3-4,7,11H,5-6,9,16H2,1-2H3. The maximum absolute atomic E-state index is 12.0. The van der Waals surface area contributed by atoms with Gasteiger partial charge < -0.3 is 20.3 Å². The summed E-state index contributed by atoms with van der Waals surface area (Å²) in [5.41, 5.74) is 7.95. The minimum Gasteiger partial charge on any atom is -0.397 e. The van der Waals surface area contributed by atoms with Crippen molar-refractivity contribution < 1.29 is 9.53 Å². The largest absolute Gasteiger partial charge is 0.397 e. The van der Waals surface area contributed by atoms with E-state index in [0.29, 0.717) is 30.9 Å². The van der Waals surface area contributed by atoms with Crippen molar-refractivity contribution in [2.75, 3.05) is 44.4 Å². The van der Waals surface area contributed by atoms with Gasteiger partial charge in [-0.05, 0) is 18.2 Å². The minimum absolute atomic E-state index is 0.0728. The average Bonchev–Trinajstić information content (AvgIpc) is 2.47. The predicted molar refractivity (Wildman–Crippen MR) is 76.4 cm³/mol. The number of amides is 1. The third kappa shape index (κ3) is 2.83. The molecule has 0 aliphatic carbocycles. The second-order valence-electron chi connectivity index (χ2n) is 4.91. The Balaban J connectivity index is 2.29. The first-order valence-electron chi connectivity index (χ1n) is 6.40. The number of nitrogen functional groups attached to an aromatic ring is 1. The van der Waals surface area contributed by atoms with Crippen molar-refractivity contribution in [3.8, 4) is 6.07 Å². The number of morpholine rings is 1. The highest BCUT2D eigenvalue weighted by molar-refractivity contribution is 5.96. The van der Waals surface area contributed by atoms with E-state index < -0.39 is 6.10 Å². The van der Waals surface area contributed by atoms with Crippen LogP contribution in [-0.2, 0) is 4.74 Å². The van der Waals surface area contributed by atoms with E-state index in [1.165, 1.54) is 4.90 Å². The summed E-state index contributed by atoms with van der Waals surface area (Å²) in [5.74, 6) is -0.0728. The van der Waals surface area contributed by atoms with Crippen LogP contribution in [0, 0.1) is 11.3 Å². The minimum atomic E-state index is -0.462. The number of ether oxygens (including phenoxy) is 1. The number of carbonyl (C=O) groups excluding carboxylic acids is 1. The van der Waals surface area contributed by atoms with Crippen LogP contribution < -0.4 is 10.6 Å². The Morgan fingerprint density at radius 1 is 1.55 bits per heavy atom. The van der Waals surface area contributed by atoms with Gasteiger partial charge in [0.2, 0.25) is 0 Å². The van der Waals surface area contributed by atoms with Gasteiger partial charge in [0.05, 0.1) is 30.6 Å². The number of anilines is 2. The summed E-state index contributed by atoms with van der Waals surface area (Å²) in [6, 6.07) is 7.31. The Labute approximate surface area is 118 Å². The molecule has 6 nitrogen and oxygen atoms in total. The highest BCUT2D eigenvalue weighted by atomic mass is 16.5. The van der Waals surface area contributed by atoms with Crippen molar-refractivity contribution in [2.45, 2.75) is 6.10 Å². The lowest BCUT2D eigenvalue weighted by Gasteiger charge is -2.32. The Morgan fingerprint density at radius 3 is 2.95 bits per heavy atom. The van der Waals surface area contributed by atoms with Gasteiger partial charge in [0.25, 0.3) is 5.91 Å². The lowest BCUT2D eigenvalue weighted by Crippen LogP contribution is -2.42. The second kappa shape index (κ2) is 5.80. The number of nitrogens with two attached hydrogens (primary N) is 1. The molecule has 0 spiro atoms. The van der Waals surface area contributed by atoms with E-state index in [4.69, 9.17) is 15.7 Å². The van der Waals surface area contributed by atoms with Gasteiger partial charge in [-0.25, -0.2) is 0 Å². The van der Waals surface area contributed by atoms with Crippen molar-refractivity contribution in [3.05, 3.63) is 23.8 Å². The van der Waals surface area contributed by atoms with Gasteiger partial charge in [-0.15, -0.1) is 0 Å². The van der Waals surface area contributed by atoms with Crippen LogP contribution in [0.4, 0.5) is 11.4 Å². The van der Waals surface area contributed by atoms with Gasteiger partial charge in [-0.3, -0.25) is 4.79 Å². The van der Waals surface area contributed by atoms with E-state index in [1.807, 2.05) is 4.90 Å². The van der Waals surface area contributed by atoms with E-state index in [0.717, 1.165) is 5.69 Å². The lowest BCUT2D eigenvalue weighted by atomic mass is 10.1. The van der Waals surface area contributed by atoms with E-state index in [2.05, 4.69) is 6.07 Å². The van der Waals surface area contributed by atoms with E-state index >= 15 is 0 Å². The van der Waals surface area contributed by atoms with Crippen LogP contribution in [0.15, 0.2) is 18.2 Å². The number of hydrogen-bond donors (Lipinski definition) is 1. The van der Waals surface area contributed by atoms with Crippen LogP contribution >= 0.6 is 0 Å². The van der Waals surface area contributed by atoms with Gasteiger partial charge in [-0.1, -0.05) is 0 Å². The maximum atomic E-state index is 12.0. The summed E-state index contributed by atoms with van der Waals surface area (Å²) in [5, 5.41) is 8.95. The normalized spacial score (nSPS) is 18.4. The third-order valence-corrected chi connectivity index (χ3v) is 3.23. The molecule has 1 unspecified atom stereocenters. The maximum Gasteiger partial charge on any atom is 0.253 e. The highest BCUT2D eigenvalue weighted by Crippen LogP contribution is 2.26. The molecule has 0 aromatic heterocycles. The van der Waals surface area contributed by atoms with Crippen LogP contribution in [0.1, 0.15) is 10.4 Å². The molecule has 1 aliphatic heterocycles. The molecule has 0 saturated carbocycles. The van der Waals surface area contributed by atoms with Gasteiger partial charge in [0, 0.05) is 26.2 Å². The molecule has 1 atom stereocenters. The molecule has 1 heterocycles. The summed E-state index contributed by atoms with van der Waals surface area (Å²) in [4.78, 5) is 15.5. The van der Waals surface area contributed by atoms with Crippen molar-refractivity contribution in [2.24, 2.45) is 0 Å². The smallest absolute Gasteiger partial charge is 0.253 e. The molecule has 1 aliphatic rings. The summed E-state index contributed by atoms with van der Waals surface area (Å²) < 4.78 is 5.32. The Morgan fingerprint density at radius 2 is 2.30 bits per heavy atom. The monoisotopic (exact) mass is 274 g/mol. The topological polar surface area (TPSA) is 82.6 Å². The van der Waals surface area contributed by atoms with Crippen LogP contribution in [0.3, 0.4) is 0 Å². The second-order valence-corrected chi connectivity index (χ2v) is 4.91. The zero-order valence-electron chi connectivity index (χ0n) is 11.7. The summed E-state index contributed by atoms with van der Waals surface area (Å²) >= 11 is 0. The Bertz CT molecular complexity index is 551. The highest BCUT2D eigenvalue weighted by Gasteiger charge is 2.22. The average molecular weight is 274 g/mol. The zero-order chi connectivity index (χ0) is 14.7. The molecular weight excluding hydrogens is 256 g/mol. The van der Waals surface area contributed by atoms with Crippen molar-refractivity contribution >= 4 is 17.3 Å². The first-order valence-corrected chi connectivity index (χ1v) is 6.40. The number of benzene rings is 1. The van der Waals surface area contributed by atoms with Crippen LogP contribution in [0.25, 0.3) is 0 Å². The lowest BCUT2D eigenvalue weighted by molar-refractivity contribution is 0.0765. The van der Waals surface area contributed by atoms with E-state index in [9.17, 15) is 4.79 Å². The van der Waals surface area contributed by atoms with Crippen LogP contribution in [0.5, 0.6) is 0 Å². The fourth-order valence-electron chi connectivity index (χ4n) is 2.15. The van der Waals surface area contributed by atoms with Gasteiger partial charge in [0.1, 0.15) is 0 Å². The number of hydrogen-bond acceptors (Lipinski definition) is 5. The molecule has 1 aromatic rings. The number of carbonyl (C=O) groups is 1. The summed E-state index contributed by atoms with van der Waals surface area (Å²) in [6.45, 7) is 1.59. The number of rotatable bonds is 2. The first kappa shape index (κ1) is 14.2. The zero-order valence-corrected chi connectivity index (χ0v) is 11.7. The molecule has 1 fully saturated rings. The SMILES string of the molecule is CN(C)C(=O)c1ccc(N)c(N2CCOC(C#N)C2)c1. The molecule has 1 amide bonds. The fourth-order valence-corrected chi connectivity index (χ4v) is 2.15. The molecule has 0 bridgehead atoms. The Hall–Kier alpha value is -2.26. The summed E-state index contributed by atoms with van der Waals surface area (Å²) in [6.07, 6.45) is -0.462. The van der Waals surface area contributed by atoms with Gasteiger partial charge >= 0.3 is 0 Å². The molecule has 1 saturated heterocycles. The van der Waals surface area contributed by atoms with Gasteiger partial charge in [-0.2, -0.15) is 5.26 Å². The molecule has 1 aromatic carbocycles. The van der Waals surface area contributed by atoms with Crippen LogP contribution in [0.2, 0.25) is 0 Å². The number of nitrogens with zero attached hydrogens (tertiary/aromatic N) is 3. The summed E-state index contributed by atoms with van der Waals surface area (Å²) in [7, 11) is 3.41. The van der Waals surface area contributed by atoms with Crippen molar-refractivity contribution in [1.29, 1.82) is 5.26 Å². The predicted octanol–water partition coefficient (Wildman–Crippen LogP) is 0.699. The first-order chi connectivity index (χ1) is 9.52. The molecule has 106 valence electrons. The van der Waals surface area contributed by atoms with Crippen molar-refractivity contribution in [3.63, 3.8) is 0 Å². The third-order valence-electron chi connectivity index (χ3n) is 3.23. The molecule has 6 heteroatoms. The molecule has 0 radical (unpaired) electrons.